The Balaban J connectivity index is 1.74. The summed E-state index contributed by atoms with van der Waals surface area (Å²) in [6.45, 7) is 3.51. The molecule has 0 aliphatic carbocycles. The summed E-state index contributed by atoms with van der Waals surface area (Å²) in [6, 6.07) is 18.0. The van der Waals surface area contributed by atoms with Gasteiger partial charge in [0.05, 0.1) is 33.0 Å². The number of esters is 1. The maximum absolute atomic E-state index is 12.6. The summed E-state index contributed by atoms with van der Waals surface area (Å²) in [5.41, 5.74) is 2.21. The van der Waals surface area contributed by atoms with Gasteiger partial charge >= 0.3 is 5.97 Å². The average Bonchev–Trinajstić information content (AvgIpc) is 3.00. The van der Waals surface area contributed by atoms with Gasteiger partial charge in [-0.3, -0.25) is 4.79 Å². The van der Waals surface area contributed by atoms with Crippen molar-refractivity contribution in [2.24, 2.45) is 0 Å². The maximum Gasteiger partial charge on any atom is 0.306 e. The first-order valence-corrected chi connectivity index (χ1v) is 15.7. The van der Waals surface area contributed by atoms with Crippen molar-refractivity contribution in [1.29, 1.82) is 0 Å². The van der Waals surface area contributed by atoms with Gasteiger partial charge in [0.1, 0.15) is 11.9 Å². The number of allylic oxidation sites excluding steroid dienone is 4. The summed E-state index contributed by atoms with van der Waals surface area (Å²) in [7, 11) is 1.65. The molecule has 0 aromatic heterocycles. The third-order valence-corrected chi connectivity index (χ3v) is 6.57. The molecule has 41 heavy (non-hydrogen) atoms. The van der Waals surface area contributed by atoms with Crippen LogP contribution in [0.4, 0.5) is 0 Å². The molecule has 0 spiro atoms. The zero-order valence-corrected chi connectivity index (χ0v) is 26.6. The van der Waals surface area contributed by atoms with Crippen LogP contribution in [0.1, 0.15) is 63.0 Å². The number of carbonyl (C=O) groups excluding carboxylic acids is 1. The molecule has 5 nitrogen and oxygen atoms in total. The van der Waals surface area contributed by atoms with Crippen LogP contribution in [-0.2, 0) is 32.2 Å². The van der Waals surface area contributed by atoms with E-state index < -0.39 is 0 Å². The zero-order valence-electron chi connectivity index (χ0n) is 24.5. The van der Waals surface area contributed by atoms with Crippen molar-refractivity contribution >= 4 is 28.6 Å². The van der Waals surface area contributed by atoms with Crippen molar-refractivity contribution in [3.05, 3.63) is 112 Å². The second-order valence-electron chi connectivity index (χ2n) is 9.55. The third kappa shape index (κ3) is 17.0. The molecule has 0 radical (unpaired) electrons. The molecule has 0 saturated carbocycles. The Kier molecular flexibility index (Phi) is 19.3. The highest BCUT2D eigenvalue weighted by Gasteiger charge is 2.14. The van der Waals surface area contributed by atoms with Crippen LogP contribution in [0.3, 0.4) is 0 Å². The lowest BCUT2D eigenvalue weighted by Gasteiger charge is -2.17. The van der Waals surface area contributed by atoms with Crippen LogP contribution in [0.2, 0.25) is 0 Å². The largest absolute Gasteiger partial charge is 0.497 e. The number of ether oxygens (including phenoxy) is 4. The fraction of sp³-hybridized carbons (Fsp3) is 0.400. The smallest absolute Gasteiger partial charge is 0.306 e. The molecular formula is C35H45IO5. The summed E-state index contributed by atoms with van der Waals surface area (Å²) >= 11 is 2.22. The van der Waals surface area contributed by atoms with Crippen molar-refractivity contribution in [1.82, 2.24) is 0 Å². The minimum atomic E-state index is -0.315. The topological polar surface area (TPSA) is 54.0 Å². The Morgan fingerprint density at radius 3 is 2.34 bits per heavy atom. The highest BCUT2D eigenvalue weighted by atomic mass is 127. The molecule has 0 bridgehead atoms. The molecule has 0 aliphatic rings. The van der Waals surface area contributed by atoms with Crippen molar-refractivity contribution in [3.63, 3.8) is 0 Å². The normalized spacial score (nSPS) is 13.4. The lowest BCUT2D eigenvalue weighted by atomic mass is 10.2. The Bertz CT molecular complexity index is 1060. The van der Waals surface area contributed by atoms with Gasteiger partial charge in [-0.1, -0.05) is 108 Å². The number of benzene rings is 2. The molecule has 2 atom stereocenters. The van der Waals surface area contributed by atoms with Crippen LogP contribution in [0.25, 0.3) is 0 Å². The van der Waals surface area contributed by atoms with E-state index in [-0.39, 0.29) is 18.2 Å². The molecule has 2 aromatic rings. The number of unbranched alkanes of at least 4 members (excludes halogenated alkanes) is 1. The Morgan fingerprint density at radius 2 is 1.61 bits per heavy atom. The van der Waals surface area contributed by atoms with Gasteiger partial charge in [-0.05, 0) is 65.5 Å². The lowest BCUT2D eigenvalue weighted by molar-refractivity contribution is -0.152. The number of carbonyl (C=O) groups is 1. The van der Waals surface area contributed by atoms with Gasteiger partial charge in [-0.25, -0.2) is 0 Å². The number of rotatable bonds is 21. The van der Waals surface area contributed by atoms with Gasteiger partial charge in [0.25, 0.3) is 0 Å². The van der Waals surface area contributed by atoms with E-state index in [1.165, 1.54) is 0 Å². The van der Waals surface area contributed by atoms with Gasteiger partial charge < -0.3 is 18.9 Å². The van der Waals surface area contributed by atoms with E-state index in [4.69, 9.17) is 18.9 Å². The van der Waals surface area contributed by atoms with E-state index in [9.17, 15) is 4.79 Å². The quantitative estimate of drug-likeness (QED) is 0.0574. The van der Waals surface area contributed by atoms with Gasteiger partial charge in [-0.2, -0.15) is 0 Å². The molecule has 0 amide bonds. The third-order valence-electron chi connectivity index (χ3n) is 6.15. The molecule has 2 aromatic carbocycles. The summed E-state index contributed by atoms with van der Waals surface area (Å²) in [5, 5.41) is 0. The second-order valence-corrected chi connectivity index (χ2v) is 10.3. The number of hydrogen-bond acceptors (Lipinski definition) is 5. The van der Waals surface area contributed by atoms with Crippen molar-refractivity contribution in [3.8, 4) is 5.75 Å². The fourth-order valence-electron chi connectivity index (χ4n) is 3.88. The SMILES string of the molecule is CC/C=C\C/C=C\C[C@H](COCc1ccc(OC)cc1)OC(=O)CCC/C=C\C[C@H](/C=C/I)OCc1ccccc1. The predicted molar refractivity (Wildman–Crippen MR) is 176 cm³/mol. The van der Waals surface area contributed by atoms with Crippen molar-refractivity contribution < 1.29 is 23.7 Å². The van der Waals surface area contributed by atoms with Crippen LogP contribution in [0, 0.1) is 0 Å². The Hall–Kier alpha value is -2.68. The van der Waals surface area contributed by atoms with Crippen molar-refractivity contribution in [2.75, 3.05) is 13.7 Å². The zero-order chi connectivity index (χ0) is 29.4. The van der Waals surface area contributed by atoms with Crippen LogP contribution < -0.4 is 4.74 Å². The molecule has 0 unspecified atom stereocenters. The number of hydrogen-bond donors (Lipinski definition) is 0. The van der Waals surface area contributed by atoms with E-state index in [0.29, 0.717) is 32.7 Å². The highest BCUT2D eigenvalue weighted by Crippen LogP contribution is 2.14. The molecule has 0 aliphatic heterocycles. The molecular weight excluding hydrogens is 627 g/mol. The standard InChI is InChI=1S/C35H45IO5/c1-3-4-5-6-7-14-19-34(29-39-27-31-21-23-32(38-2)24-22-31)41-35(37)20-15-9-8-13-18-33(25-26-36)40-28-30-16-11-10-12-17-30/h4-5,7-8,10-14,16-17,21-26,33-34H,3,6,9,15,18-20,27-29H2,1-2H3/b5-4-,13-8-,14-7-,26-25+/t33-,34-/m1/s1. The van der Waals surface area contributed by atoms with Crippen LogP contribution >= 0.6 is 22.6 Å². The number of methoxy groups -OCH3 is 1. The summed E-state index contributed by atoms with van der Waals surface area (Å²) < 4.78 is 24.9. The highest BCUT2D eigenvalue weighted by molar-refractivity contribution is 14.1. The van der Waals surface area contributed by atoms with E-state index in [2.05, 4.69) is 84.2 Å². The predicted octanol–water partition coefficient (Wildman–Crippen LogP) is 9.08. The van der Waals surface area contributed by atoms with Crippen LogP contribution in [-0.4, -0.2) is 31.9 Å². The van der Waals surface area contributed by atoms with Crippen LogP contribution in [0.5, 0.6) is 5.75 Å². The fourth-order valence-corrected chi connectivity index (χ4v) is 4.35. The molecule has 0 N–H and O–H groups in total. The van der Waals surface area contributed by atoms with Gasteiger partial charge in [0.15, 0.2) is 0 Å². The molecule has 2 rings (SSSR count). The minimum absolute atomic E-state index is 0.0255. The van der Waals surface area contributed by atoms with Crippen LogP contribution in [0.15, 0.2) is 101 Å². The Labute approximate surface area is 260 Å². The first-order chi connectivity index (χ1) is 20.1. The molecule has 0 fully saturated rings. The minimum Gasteiger partial charge on any atom is -0.497 e. The van der Waals surface area contributed by atoms with E-state index in [0.717, 1.165) is 49.0 Å². The van der Waals surface area contributed by atoms with Gasteiger partial charge in [0.2, 0.25) is 0 Å². The summed E-state index contributed by atoms with van der Waals surface area (Å²) in [6.07, 6.45) is 19.7. The average molecular weight is 673 g/mol. The molecule has 6 heteroatoms. The summed E-state index contributed by atoms with van der Waals surface area (Å²) in [4.78, 5) is 12.6. The lowest BCUT2D eigenvalue weighted by Crippen LogP contribution is -2.23. The van der Waals surface area contributed by atoms with Crippen molar-refractivity contribution in [2.45, 2.75) is 77.3 Å². The first-order valence-electron chi connectivity index (χ1n) is 14.4. The van der Waals surface area contributed by atoms with E-state index in [1.54, 1.807) is 7.11 Å². The number of halogens is 1. The first kappa shape index (κ1) is 34.5. The van der Waals surface area contributed by atoms with E-state index >= 15 is 0 Å². The maximum atomic E-state index is 12.6. The molecule has 0 saturated heterocycles. The monoisotopic (exact) mass is 672 g/mol. The summed E-state index contributed by atoms with van der Waals surface area (Å²) in [5.74, 6) is 0.624. The molecule has 0 heterocycles. The second kappa shape index (κ2) is 22.9. The van der Waals surface area contributed by atoms with E-state index in [1.807, 2.05) is 46.5 Å². The van der Waals surface area contributed by atoms with Gasteiger partial charge in [-0.15, -0.1) is 0 Å². The van der Waals surface area contributed by atoms with Gasteiger partial charge in [0, 0.05) is 12.8 Å². The Morgan fingerprint density at radius 1 is 0.878 bits per heavy atom. The molecule has 222 valence electrons.